The van der Waals surface area contributed by atoms with Crippen LogP contribution >= 0.6 is 0 Å². The number of carbonyl (C=O) groups excluding carboxylic acids is 1. The molecule has 1 rings (SSSR count). The van der Waals surface area contributed by atoms with Crippen molar-refractivity contribution in [1.82, 2.24) is 10.3 Å². The predicted molar refractivity (Wildman–Crippen MR) is 51.4 cm³/mol. The third kappa shape index (κ3) is 2.80. The van der Waals surface area contributed by atoms with Crippen LogP contribution in [0.3, 0.4) is 0 Å². The summed E-state index contributed by atoms with van der Waals surface area (Å²) in [5.74, 6) is -1.18. The van der Waals surface area contributed by atoms with Gasteiger partial charge in [0.15, 0.2) is 0 Å². The minimum Gasteiger partial charge on any atom is -0.347 e. The number of rotatable bonds is 1. The van der Waals surface area contributed by atoms with Crippen molar-refractivity contribution in [3.05, 3.63) is 29.8 Å². The van der Waals surface area contributed by atoms with Gasteiger partial charge in [-0.3, -0.25) is 4.79 Å². The Kier molecular flexibility index (Phi) is 2.84. The molecule has 3 nitrogen and oxygen atoms in total. The molecule has 0 saturated carbocycles. The lowest BCUT2D eigenvalue weighted by Crippen LogP contribution is -2.41. The smallest absolute Gasteiger partial charge is 0.256 e. The van der Waals surface area contributed by atoms with Gasteiger partial charge in [-0.05, 0) is 32.9 Å². The average molecular weight is 196 g/mol. The standard InChI is InChI=1S/C10H13FN2O/c1-10(2,3)13-9(14)7-5-4-6-12-8(7)11/h4-6H,1-3H3,(H,13,14). The molecule has 4 heteroatoms. The average Bonchev–Trinajstić information content (AvgIpc) is 2.01. The number of hydrogen-bond acceptors (Lipinski definition) is 2. The highest BCUT2D eigenvalue weighted by Gasteiger charge is 2.18. The van der Waals surface area contributed by atoms with Gasteiger partial charge in [0, 0.05) is 11.7 Å². The molecule has 1 aromatic heterocycles. The molecule has 1 aromatic rings. The predicted octanol–water partition coefficient (Wildman–Crippen LogP) is 1.75. The molecule has 0 aliphatic rings. The van der Waals surface area contributed by atoms with Gasteiger partial charge in [-0.25, -0.2) is 4.98 Å². The van der Waals surface area contributed by atoms with E-state index >= 15 is 0 Å². The molecular formula is C10H13FN2O. The molecule has 0 aromatic carbocycles. The Labute approximate surface area is 82.4 Å². The van der Waals surface area contributed by atoms with Gasteiger partial charge in [0.2, 0.25) is 5.95 Å². The van der Waals surface area contributed by atoms with Crippen molar-refractivity contribution in [2.75, 3.05) is 0 Å². The van der Waals surface area contributed by atoms with E-state index in [0.29, 0.717) is 0 Å². The second-order valence-corrected chi connectivity index (χ2v) is 4.05. The zero-order valence-corrected chi connectivity index (χ0v) is 8.47. The van der Waals surface area contributed by atoms with Crippen LogP contribution in [0.1, 0.15) is 31.1 Å². The third-order valence-corrected chi connectivity index (χ3v) is 1.49. The van der Waals surface area contributed by atoms with Gasteiger partial charge in [-0.1, -0.05) is 0 Å². The largest absolute Gasteiger partial charge is 0.347 e. The zero-order valence-electron chi connectivity index (χ0n) is 8.47. The first-order valence-electron chi connectivity index (χ1n) is 4.33. The van der Waals surface area contributed by atoms with Crippen molar-refractivity contribution in [2.45, 2.75) is 26.3 Å². The van der Waals surface area contributed by atoms with E-state index in [1.165, 1.54) is 18.3 Å². The number of nitrogens with zero attached hydrogens (tertiary/aromatic N) is 1. The lowest BCUT2D eigenvalue weighted by atomic mass is 10.1. The lowest BCUT2D eigenvalue weighted by Gasteiger charge is -2.20. The number of aromatic nitrogens is 1. The molecule has 0 radical (unpaired) electrons. The first kappa shape index (κ1) is 10.6. The SMILES string of the molecule is CC(C)(C)NC(=O)c1cccnc1F. The summed E-state index contributed by atoms with van der Waals surface area (Å²) in [5.41, 5.74) is -0.401. The van der Waals surface area contributed by atoms with Gasteiger partial charge in [0.05, 0.1) is 5.56 Å². The van der Waals surface area contributed by atoms with Crippen molar-refractivity contribution < 1.29 is 9.18 Å². The van der Waals surface area contributed by atoms with Gasteiger partial charge in [-0.15, -0.1) is 0 Å². The Hall–Kier alpha value is -1.45. The Bertz CT molecular complexity index is 344. The quantitative estimate of drug-likeness (QED) is 0.695. The van der Waals surface area contributed by atoms with Crippen LogP contribution in [0.2, 0.25) is 0 Å². The van der Waals surface area contributed by atoms with Gasteiger partial charge in [0.25, 0.3) is 5.91 Å². The van der Waals surface area contributed by atoms with Gasteiger partial charge in [0.1, 0.15) is 0 Å². The van der Waals surface area contributed by atoms with E-state index in [1.54, 1.807) is 0 Å². The second-order valence-electron chi connectivity index (χ2n) is 4.05. The fraction of sp³-hybridized carbons (Fsp3) is 0.400. The lowest BCUT2D eigenvalue weighted by molar-refractivity contribution is 0.0914. The van der Waals surface area contributed by atoms with E-state index in [4.69, 9.17) is 0 Å². The van der Waals surface area contributed by atoms with Crippen molar-refractivity contribution >= 4 is 5.91 Å². The summed E-state index contributed by atoms with van der Waals surface area (Å²) in [4.78, 5) is 14.9. The number of nitrogens with one attached hydrogen (secondary N) is 1. The van der Waals surface area contributed by atoms with E-state index in [2.05, 4.69) is 10.3 Å². The molecule has 0 unspecified atom stereocenters. The van der Waals surface area contributed by atoms with Gasteiger partial charge < -0.3 is 5.32 Å². The normalized spacial score (nSPS) is 11.1. The second kappa shape index (κ2) is 3.74. The molecule has 0 atom stereocenters. The molecule has 0 aliphatic heterocycles. The van der Waals surface area contributed by atoms with Crippen molar-refractivity contribution in [3.8, 4) is 0 Å². The number of carbonyl (C=O) groups is 1. The maximum Gasteiger partial charge on any atom is 0.256 e. The van der Waals surface area contributed by atoms with Crippen LogP contribution in [0.15, 0.2) is 18.3 Å². The fourth-order valence-corrected chi connectivity index (χ4v) is 0.963. The van der Waals surface area contributed by atoms with Crippen LogP contribution in [-0.2, 0) is 0 Å². The summed E-state index contributed by atoms with van der Waals surface area (Å²) < 4.78 is 13.0. The van der Waals surface area contributed by atoms with E-state index in [0.717, 1.165) is 0 Å². The summed E-state index contributed by atoms with van der Waals surface area (Å²) in [6, 6.07) is 2.93. The minimum absolute atomic E-state index is 0.0255. The number of pyridine rings is 1. The maximum absolute atomic E-state index is 13.0. The van der Waals surface area contributed by atoms with Crippen molar-refractivity contribution in [2.24, 2.45) is 0 Å². The molecule has 0 spiro atoms. The molecule has 0 fully saturated rings. The van der Waals surface area contributed by atoms with Crippen molar-refractivity contribution in [1.29, 1.82) is 0 Å². The molecule has 0 saturated heterocycles. The topological polar surface area (TPSA) is 42.0 Å². The molecule has 0 bridgehead atoms. The molecule has 14 heavy (non-hydrogen) atoms. The first-order valence-corrected chi connectivity index (χ1v) is 4.33. The van der Waals surface area contributed by atoms with Crippen molar-refractivity contribution in [3.63, 3.8) is 0 Å². The first-order chi connectivity index (χ1) is 6.40. The zero-order chi connectivity index (χ0) is 10.8. The summed E-state index contributed by atoms with van der Waals surface area (Å²) in [7, 11) is 0. The molecule has 0 aliphatic carbocycles. The Morgan fingerprint density at radius 3 is 2.64 bits per heavy atom. The highest BCUT2D eigenvalue weighted by atomic mass is 19.1. The third-order valence-electron chi connectivity index (χ3n) is 1.49. The van der Waals surface area contributed by atoms with Crippen LogP contribution < -0.4 is 5.32 Å². The molecular weight excluding hydrogens is 183 g/mol. The molecule has 1 N–H and O–H groups in total. The summed E-state index contributed by atoms with van der Waals surface area (Å²) in [6.07, 6.45) is 1.31. The van der Waals surface area contributed by atoms with Crippen LogP contribution in [0.5, 0.6) is 0 Å². The van der Waals surface area contributed by atoms with E-state index in [1.807, 2.05) is 20.8 Å². The molecule has 76 valence electrons. The van der Waals surface area contributed by atoms with E-state index < -0.39 is 11.9 Å². The Balaban J connectivity index is 2.86. The highest BCUT2D eigenvalue weighted by Crippen LogP contribution is 2.06. The van der Waals surface area contributed by atoms with Crippen LogP contribution in [0.25, 0.3) is 0 Å². The Morgan fingerprint density at radius 2 is 2.14 bits per heavy atom. The van der Waals surface area contributed by atoms with E-state index in [-0.39, 0.29) is 11.1 Å². The minimum atomic E-state index is -0.741. The number of hydrogen-bond donors (Lipinski definition) is 1. The summed E-state index contributed by atoms with van der Waals surface area (Å²) >= 11 is 0. The van der Waals surface area contributed by atoms with E-state index in [9.17, 15) is 9.18 Å². The van der Waals surface area contributed by atoms with Crippen LogP contribution in [0.4, 0.5) is 4.39 Å². The van der Waals surface area contributed by atoms with Crippen LogP contribution in [-0.4, -0.2) is 16.4 Å². The number of halogens is 1. The highest BCUT2D eigenvalue weighted by molar-refractivity contribution is 5.94. The maximum atomic E-state index is 13.0. The monoisotopic (exact) mass is 196 g/mol. The van der Waals surface area contributed by atoms with Crippen LogP contribution in [0, 0.1) is 5.95 Å². The van der Waals surface area contributed by atoms with Gasteiger partial charge in [-0.2, -0.15) is 4.39 Å². The summed E-state index contributed by atoms with van der Waals surface area (Å²) in [6.45, 7) is 5.50. The fourth-order valence-electron chi connectivity index (χ4n) is 0.963. The van der Waals surface area contributed by atoms with Gasteiger partial charge >= 0.3 is 0 Å². The molecule has 1 amide bonds. The number of amides is 1. The summed E-state index contributed by atoms with van der Waals surface area (Å²) in [5, 5.41) is 2.66. The molecule has 1 heterocycles. The Morgan fingerprint density at radius 1 is 1.50 bits per heavy atom.